The summed E-state index contributed by atoms with van der Waals surface area (Å²) in [7, 11) is 0. The van der Waals surface area contributed by atoms with Crippen molar-refractivity contribution in [3.63, 3.8) is 0 Å². The van der Waals surface area contributed by atoms with E-state index in [-0.39, 0.29) is 45.2 Å². The summed E-state index contributed by atoms with van der Waals surface area (Å²) in [4.78, 5) is 0. The van der Waals surface area contributed by atoms with Gasteiger partial charge in [0.05, 0.1) is 0 Å². The van der Waals surface area contributed by atoms with Gasteiger partial charge in [0.25, 0.3) is 0 Å². The van der Waals surface area contributed by atoms with Crippen molar-refractivity contribution in [1.29, 1.82) is 0 Å². The Hall–Kier alpha value is 0.900. The Morgan fingerprint density at radius 3 is 1.00 bits per heavy atom. The minimum absolute atomic E-state index is 0.111. The standard InChI is InChI=1S/C4F8I2/c5-1(6,3(8,9)10)2(7,13)4(11,12)14. The van der Waals surface area contributed by atoms with Gasteiger partial charge in [-0.15, -0.1) is 0 Å². The second kappa shape index (κ2) is 3.73. The average Bonchev–Trinajstić information content (AvgIpc) is 1.81. The van der Waals surface area contributed by atoms with Gasteiger partial charge in [-0.1, -0.05) is 0 Å². The van der Waals surface area contributed by atoms with E-state index in [1.165, 1.54) is 0 Å². The van der Waals surface area contributed by atoms with Gasteiger partial charge in [0.15, 0.2) is 0 Å². The number of hydrogen-bond acceptors (Lipinski definition) is 0. The van der Waals surface area contributed by atoms with Crippen LogP contribution in [-0.2, 0) is 0 Å². The molecule has 0 fully saturated rings. The predicted octanol–water partition coefficient (Wildman–Crippen LogP) is 4.31. The van der Waals surface area contributed by atoms with Gasteiger partial charge in [-0.25, -0.2) is 4.39 Å². The molecule has 0 saturated heterocycles. The van der Waals surface area contributed by atoms with Gasteiger partial charge in [0.2, 0.25) is 0 Å². The van der Waals surface area contributed by atoms with Crippen molar-refractivity contribution in [3.05, 3.63) is 0 Å². The fraction of sp³-hybridized carbons (Fsp3) is 1.00. The summed E-state index contributed by atoms with van der Waals surface area (Å²) in [6.07, 6.45) is -6.36. The Balaban J connectivity index is 5.30. The molecule has 0 aromatic carbocycles. The molecule has 0 amide bonds. The van der Waals surface area contributed by atoms with E-state index in [2.05, 4.69) is 0 Å². The molecule has 0 aliphatic heterocycles. The predicted molar refractivity (Wildman–Crippen MR) is 47.8 cm³/mol. The largest absolute Gasteiger partial charge is 0.457 e. The van der Waals surface area contributed by atoms with E-state index in [9.17, 15) is 35.1 Å². The summed E-state index contributed by atoms with van der Waals surface area (Å²) in [5.74, 6) is -6.12. The van der Waals surface area contributed by atoms with Crippen molar-refractivity contribution in [2.24, 2.45) is 0 Å². The molecule has 0 aliphatic rings. The lowest BCUT2D eigenvalue weighted by atomic mass is 10.2. The van der Waals surface area contributed by atoms with E-state index in [0.717, 1.165) is 0 Å². The Labute approximate surface area is 99.7 Å². The molecular weight excluding hydrogens is 454 g/mol. The first kappa shape index (κ1) is 14.9. The Morgan fingerprint density at radius 2 is 0.929 bits per heavy atom. The lowest BCUT2D eigenvalue weighted by molar-refractivity contribution is -0.320. The van der Waals surface area contributed by atoms with E-state index in [1.54, 1.807) is 0 Å². The summed E-state index contributed by atoms with van der Waals surface area (Å²) in [5, 5.41) is 0. The van der Waals surface area contributed by atoms with E-state index < -0.39 is 19.7 Å². The smallest absolute Gasteiger partial charge is 0.217 e. The number of alkyl halides is 10. The molecule has 1 unspecified atom stereocenters. The summed E-state index contributed by atoms with van der Waals surface area (Å²) < 4.78 is 86.1. The molecule has 0 heterocycles. The van der Waals surface area contributed by atoms with Crippen LogP contribution < -0.4 is 0 Å². The van der Waals surface area contributed by atoms with Crippen LogP contribution in [0.1, 0.15) is 0 Å². The van der Waals surface area contributed by atoms with Gasteiger partial charge in [-0.3, -0.25) is 0 Å². The molecule has 0 aromatic rings. The molecule has 86 valence electrons. The zero-order valence-corrected chi connectivity index (χ0v) is 10.1. The minimum atomic E-state index is -6.36. The molecule has 0 aliphatic carbocycles. The second-order valence-electron chi connectivity index (χ2n) is 2.14. The maximum Gasteiger partial charge on any atom is 0.457 e. The fourth-order valence-corrected chi connectivity index (χ4v) is 1.00. The Morgan fingerprint density at radius 1 is 0.643 bits per heavy atom. The number of halogens is 10. The number of hydrogen-bond donors (Lipinski definition) is 0. The van der Waals surface area contributed by atoms with Crippen molar-refractivity contribution < 1.29 is 35.1 Å². The third-order valence-corrected chi connectivity index (χ3v) is 4.24. The third kappa shape index (κ3) is 2.35. The average molecular weight is 454 g/mol. The lowest BCUT2D eigenvalue weighted by Crippen LogP contribution is -2.57. The zero-order valence-electron chi connectivity index (χ0n) is 5.78. The molecule has 0 spiro atoms. The maximum absolute atomic E-state index is 12.6. The van der Waals surface area contributed by atoms with Crippen LogP contribution in [-0.4, -0.2) is 19.7 Å². The first-order valence-electron chi connectivity index (χ1n) is 2.64. The van der Waals surface area contributed by atoms with Crippen molar-refractivity contribution in [2.45, 2.75) is 19.7 Å². The van der Waals surface area contributed by atoms with Gasteiger partial charge in [0, 0.05) is 22.6 Å². The van der Waals surface area contributed by atoms with Gasteiger partial charge in [0.1, 0.15) is 0 Å². The molecule has 0 rings (SSSR count). The van der Waals surface area contributed by atoms with Crippen LogP contribution in [0.3, 0.4) is 0 Å². The molecule has 0 aromatic heterocycles. The second-order valence-corrected chi connectivity index (χ2v) is 4.99. The van der Waals surface area contributed by atoms with Gasteiger partial charge in [-0.2, -0.15) is 30.7 Å². The first-order valence-corrected chi connectivity index (χ1v) is 4.80. The number of rotatable bonds is 2. The van der Waals surface area contributed by atoms with Crippen molar-refractivity contribution in [3.8, 4) is 0 Å². The molecule has 10 heteroatoms. The molecule has 0 radical (unpaired) electrons. The van der Waals surface area contributed by atoms with E-state index in [0.29, 0.717) is 0 Å². The van der Waals surface area contributed by atoms with E-state index >= 15 is 0 Å². The quantitative estimate of drug-likeness (QED) is 0.332. The highest BCUT2D eigenvalue weighted by molar-refractivity contribution is 14.1. The molecule has 0 saturated carbocycles. The van der Waals surface area contributed by atoms with Crippen molar-refractivity contribution >= 4 is 45.2 Å². The van der Waals surface area contributed by atoms with E-state index in [4.69, 9.17) is 0 Å². The van der Waals surface area contributed by atoms with Crippen LogP contribution in [0.15, 0.2) is 0 Å². The van der Waals surface area contributed by atoms with Gasteiger partial charge < -0.3 is 0 Å². The van der Waals surface area contributed by atoms with Gasteiger partial charge in [-0.05, 0) is 22.6 Å². The van der Waals surface area contributed by atoms with Crippen molar-refractivity contribution in [2.75, 3.05) is 0 Å². The zero-order chi connectivity index (χ0) is 12.0. The van der Waals surface area contributed by atoms with Crippen LogP contribution in [0.25, 0.3) is 0 Å². The summed E-state index contributed by atoms with van der Waals surface area (Å²) in [6.45, 7) is 0. The molecular formula is C4F8I2. The first-order chi connectivity index (χ1) is 5.75. The fourth-order valence-electron chi connectivity index (χ4n) is 0.356. The SMILES string of the molecule is FC(F)(F)C(F)(F)C(F)(I)C(F)(F)I. The van der Waals surface area contributed by atoms with Crippen LogP contribution in [0.2, 0.25) is 0 Å². The normalized spacial score (nSPS) is 19.3. The summed E-state index contributed by atoms with van der Waals surface area (Å²) >= 11 is -0.355. The maximum atomic E-state index is 12.6. The molecule has 14 heavy (non-hydrogen) atoms. The molecule has 0 nitrogen and oxygen atoms in total. The van der Waals surface area contributed by atoms with Gasteiger partial charge >= 0.3 is 19.7 Å². The van der Waals surface area contributed by atoms with Crippen molar-refractivity contribution in [1.82, 2.24) is 0 Å². The van der Waals surface area contributed by atoms with Crippen LogP contribution in [0, 0.1) is 0 Å². The topological polar surface area (TPSA) is 0 Å². The highest BCUT2D eigenvalue weighted by Crippen LogP contribution is 2.57. The highest BCUT2D eigenvalue weighted by atomic mass is 127. The highest BCUT2D eigenvalue weighted by Gasteiger charge is 2.78. The summed E-state index contributed by atoms with van der Waals surface area (Å²) in [6, 6.07) is 0. The molecule has 0 N–H and O–H groups in total. The Bertz CT molecular complexity index is 188. The summed E-state index contributed by atoms with van der Waals surface area (Å²) in [5.41, 5.74) is 0. The molecule has 1 atom stereocenters. The monoisotopic (exact) mass is 454 g/mol. The Kier molecular flexibility index (Phi) is 3.97. The van der Waals surface area contributed by atoms with Crippen LogP contribution in [0.4, 0.5) is 35.1 Å². The van der Waals surface area contributed by atoms with Crippen LogP contribution in [0.5, 0.6) is 0 Å². The molecule has 0 bridgehead atoms. The lowest BCUT2D eigenvalue weighted by Gasteiger charge is -2.32. The third-order valence-electron chi connectivity index (χ3n) is 1.11. The van der Waals surface area contributed by atoms with Crippen LogP contribution >= 0.6 is 45.2 Å². The van der Waals surface area contributed by atoms with E-state index in [1.807, 2.05) is 0 Å². The minimum Gasteiger partial charge on any atom is -0.217 e.